The van der Waals surface area contributed by atoms with Gasteiger partial charge < -0.3 is 10.3 Å². The fourth-order valence-electron chi connectivity index (χ4n) is 1.80. The number of aromatic amines is 1. The number of benzene rings is 1. The van der Waals surface area contributed by atoms with Crippen LogP contribution in [0.1, 0.15) is 5.82 Å². The van der Waals surface area contributed by atoms with Crippen molar-refractivity contribution in [1.82, 2.24) is 15.0 Å². The third kappa shape index (κ3) is 2.64. The monoisotopic (exact) mass is 292 g/mol. The van der Waals surface area contributed by atoms with Crippen molar-refractivity contribution in [1.29, 1.82) is 0 Å². The summed E-state index contributed by atoms with van der Waals surface area (Å²) < 4.78 is 0. The Hall–Kier alpha value is -1.78. The molecular formula is C13H10Cl2N4. The largest absolute Gasteiger partial charge is 0.378 e. The number of H-pyrrole nitrogens is 1. The van der Waals surface area contributed by atoms with Crippen molar-refractivity contribution in [2.24, 2.45) is 0 Å². The van der Waals surface area contributed by atoms with E-state index in [-0.39, 0.29) is 0 Å². The molecule has 1 aromatic carbocycles. The molecule has 0 amide bonds. The Balaban J connectivity index is 1.82. The van der Waals surface area contributed by atoms with Gasteiger partial charge in [-0.15, -0.1) is 0 Å². The minimum atomic E-state index is 0.509. The molecule has 0 fully saturated rings. The number of hydrogen-bond acceptors (Lipinski definition) is 3. The van der Waals surface area contributed by atoms with Gasteiger partial charge in [0.25, 0.3) is 0 Å². The molecule has 0 radical (unpaired) electrons. The zero-order chi connectivity index (χ0) is 13.2. The van der Waals surface area contributed by atoms with Crippen molar-refractivity contribution < 1.29 is 0 Å². The number of fused-ring (bicyclic) bond motifs is 1. The lowest BCUT2D eigenvalue weighted by atomic mass is 10.3. The van der Waals surface area contributed by atoms with Gasteiger partial charge in [0.1, 0.15) is 5.82 Å². The molecule has 0 saturated heterocycles. The smallest absolute Gasteiger partial charge is 0.126 e. The quantitative estimate of drug-likeness (QED) is 0.770. The lowest BCUT2D eigenvalue weighted by molar-refractivity contribution is 1.01. The maximum atomic E-state index is 5.97. The van der Waals surface area contributed by atoms with Crippen LogP contribution in [0.2, 0.25) is 10.0 Å². The summed E-state index contributed by atoms with van der Waals surface area (Å²) >= 11 is 11.9. The standard InChI is InChI=1S/C13H10Cl2N4/c14-9-5-11-12(6-10(9)15)19-13(18-11)7-17-8-1-3-16-4-2-8/h1-6H,7H2,(H,16,17)(H,18,19). The van der Waals surface area contributed by atoms with Crippen LogP contribution in [0.15, 0.2) is 36.7 Å². The molecule has 3 aromatic rings. The van der Waals surface area contributed by atoms with Gasteiger partial charge >= 0.3 is 0 Å². The first-order valence-corrected chi connectivity index (χ1v) is 6.45. The second-order valence-electron chi connectivity index (χ2n) is 4.06. The van der Waals surface area contributed by atoms with E-state index in [0.29, 0.717) is 16.6 Å². The van der Waals surface area contributed by atoms with E-state index in [1.165, 1.54) is 0 Å². The van der Waals surface area contributed by atoms with Gasteiger partial charge in [-0.25, -0.2) is 4.98 Å². The Morgan fingerprint density at radius 2 is 1.84 bits per heavy atom. The van der Waals surface area contributed by atoms with Gasteiger partial charge in [-0.2, -0.15) is 0 Å². The van der Waals surface area contributed by atoms with Gasteiger partial charge in [0.2, 0.25) is 0 Å². The number of halogens is 2. The van der Waals surface area contributed by atoms with E-state index in [1.807, 2.05) is 12.1 Å². The molecule has 6 heteroatoms. The van der Waals surface area contributed by atoms with Gasteiger partial charge in [-0.05, 0) is 24.3 Å². The number of pyridine rings is 1. The van der Waals surface area contributed by atoms with Crippen molar-refractivity contribution in [3.8, 4) is 0 Å². The molecule has 0 aliphatic carbocycles. The molecule has 3 rings (SSSR count). The molecule has 0 bridgehead atoms. The van der Waals surface area contributed by atoms with Crippen LogP contribution in [0.5, 0.6) is 0 Å². The lowest BCUT2D eigenvalue weighted by Crippen LogP contribution is -2.00. The van der Waals surface area contributed by atoms with Gasteiger partial charge in [-0.1, -0.05) is 23.2 Å². The van der Waals surface area contributed by atoms with Crippen LogP contribution >= 0.6 is 23.2 Å². The van der Waals surface area contributed by atoms with Crippen LogP contribution in [0.3, 0.4) is 0 Å². The van der Waals surface area contributed by atoms with E-state index in [4.69, 9.17) is 23.2 Å². The van der Waals surface area contributed by atoms with E-state index < -0.39 is 0 Å². The zero-order valence-corrected chi connectivity index (χ0v) is 11.3. The summed E-state index contributed by atoms with van der Waals surface area (Å²) in [4.78, 5) is 11.6. The summed E-state index contributed by atoms with van der Waals surface area (Å²) in [6.07, 6.45) is 3.47. The average molecular weight is 293 g/mol. The van der Waals surface area contributed by atoms with Crippen molar-refractivity contribution in [3.05, 3.63) is 52.5 Å². The minimum Gasteiger partial charge on any atom is -0.378 e. The van der Waals surface area contributed by atoms with Gasteiger partial charge in [0.15, 0.2) is 0 Å². The number of rotatable bonds is 3. The molecule has 0 atom stereocenters. The van der Waals surface area contributed by atoms with Crippen LogP contribution in [0.25, 0.3) is 11.0 Å². The van der Waals surface area contributed by atoms with Gasteiger partial charge in [-0.3, -0.25) is 4.98 Å². The van der Waals surface area contributed by atoms with Crippen LogP contribution in [0, 0.1) is 0 Å². The topological polar surface area (TPSA) is 53.6 Å². The summed E-state index contributed by atoms with van der Waals surface area (Å²) in [5.41, 5.74) is 2.67. The molecule has 2 N–H and O–H groups in total. The number of imidazole rings is 1. The highest BCUT2D eigenvalue weighted by Gasteiger charge is 2.06. The normalized spacial score (nSPS) is 10.8. The van der Waals surface area contributed by atoms with Crippen LogP contribution in [-0.2, 0) is 6.54 Å². The number of anilines is 1. The van der Waals surface area contributed by atoms with Gasteiger partial charge in [0.05, 0.1) is 27.6 Å². The first-order valence-electron chi connectivity index (χ1n) is 5.70. The van der Waals surface area contributed by atoms with Crippen LogP contribution < -0.4 is 5.32 Å². The molecular weight excluding hydrogens is 283 g/mol. The highest BCUT2D eigenvalue weighted by Crippen LogP contribution is 2.26. The predicted octanol–water partition coefficient (Wildman–Crippen LogP) is 3.88. The predicted molar refractivity (Wildman–Crippen MR) is 77.7 cm³/mol. The number of nitrogens with one attached hydrogen (secondary N) is 2. The second-order valence-corrected chi connectivity index (χ2v) is 4.87. The van der Waals surface area contributed by atoms with Crippen molar-refractivity contribution in [3.63, 3.8) is 0 Å². The molecule has 0 saturated carbocycles. The van der Waals surface area contributed by atoms with E-state index >= 15 is 0 Å². The van der Waals surface area contributed by atoms with E-state index in [1.54, 1.807) is 24.5 Å². The molecule has 2 aromatic heterocycles. The van der Waals surface area contributed by atoms with E-state index in [0.717, 1.165) is 22.5 Å². The number of hydrogen-bond donors (Lipinski definition) is 2. The highest BCUT2D eigenvalue weighted by atomic mass is 35.5. The zero-order valence-electron chi connectivity index (χ0n) is 9.82. The summed E-state index contributed by atoms with van der Waals surface area (Å²) in [5.74, 6) is 0.824. The fraction of sp³-hybridized carbons (Fsp3) is 0.0769. The Bertz CT molecular complexity index is 670. The Morgan fingerprint density at radius 3 is 2.63 bits per heavy atom. The molecule has 0 spiro atoms. The maximum absolute atomic E-state index is 5.97. The molecule has 19 heavy (non-hydrogen) atoms. The third-order valence-corrected chi connectivity index (χ3v) is 3.44. The van der Waals surface area contributed by atoms with Crippen molar-refractivity contribution in [2.45, 2.75) is 6.54 Å². The minimum absolute atomic E-state index is 0.509. The first kappa shape index (κ1) is 12.3. The summed E-state index contributed by atoms with van der Waals surface area (Å²) in [5, 5.41) is 4.28. The Kier molecular flexibility index (Phi) is 3.27. The van der Waals surface area contributed by atoms with E-state index in [2.05, 4.69) is 20.3 Å². The fourth-order valence-corrected chi connectivity index (χ4v) is 2.12. The van der Waals surface area contributed by atoms with Gasteiger partial charge in [0, 0.05) is 18.1 Å². The highest BCUT2D eigenvalue weighted by molar-refractivity contribution is 6.42. The lowest BCUT2D eigenvalue weighted by Gasteiger charge is -2.02. The molecule has 0 aliphatic heterocycles. The third-order valence-electron chi connectivity index (χ3n) is 2.71. The van der Waals surface area contributed by atoms with Crippen molar-refractivity contribution >= 4 is 39.9 Å². The summed E-state index contributed by atoms with van der Waals surface area (Å²) in [6.45, 7) is 0.591. The van der Waals surface area contributed by atoms with Crippen molar-refractivity contribution in [2.75, 3.05) is 5.32 Å². The van der Waals surface area contributed by atoms with Crippen LogP contribution in [-0.4, -0.2) is 15.0 Å². The first-order chi connectivity index (χ1) is 9.22. The number of aromatic nitrogens is 3. The molecule has 96 valence electrons. The molecule has 0 aliphatic rings. The molecule has 2 heterocycles. The SMILES string of the molecule is Clc1cc2nc(CNc3ccncc3)[nH]c2cc1Cl. The number of nitrogens with zero attached hydrogens (tertiary/aromatic N) is 2. The summed E-state index contributed by atoms with van der Waals surface area (Å²) in [6, 6.07) is 7.33. The van der Waals surface area contributed by atoms with Crippen LogP contribution in [0.4, 0.5) is 5.69 Å². The second kappa shape index (κ2) is 5.07. The Morgan fingerprint density at radius 1 is 1.11 bits per heavy atom. The van der Waals surface area contributed by atoms with E-state index in [9.17, 15) is 0 Å². The summed E-state index contributed by atoms with van der Waals surface area (Å²) in [7, 11) is 0. The Labute approximate surface area is 119 Å². The molecule has 0 unspecified atom stereocenters. The maximum Gasteiger partial charge on any atom is 0.126 e. The average Bonchev–Trinajstić information content (AvgIpc) is 2.80. The molecule has 4 nitrogen and oxygen atoms in total.